The van der Waals surface area contributed by atoms with Gasteiger partial charge < -0.3 is 14.7 Å². The molecule has 0 radical (unpaired) electrons. The molecule has 8 nitrogen and oxygen atoms in total. The number of ether oxygens (including phenoxy) is 1. The van der Waals surface area contributed by atoms with E-state index in [-0.39, 0.29) is 13.0 Å². The molecule has 0 aromatic heterocycles. The highest BCUT2D eigenvalue weighted by Crippen LogP contribution is 2.50. The first-order valence-electron chi connectivity index (χ1n) is 9.46. The molecule has 4 atom stereocenters. The summed E-state index contributed by atoms with van der Waals surface area (Å²) in [4.78, 5) is 22.5. The van der Waals surface area contributed by atoms with Gasteiger partial charge in [-0.25, -0.2) is 5.06 Å². The molecule has 4 unspecified atom stereocenters. The highest BCUT2D eigenvalue weighted by Gasteiger charge is 2.38. The Hall–Kier alpha value is -1.28. The number of hydrogen-bond donors (Lipinski definition) is 4. The van der Waals surface area contributed by atoms with Crippen LogP contribution in [0.4, 0.5) is 0 Å². The Labute approximate surface area is 166 Å². The highest BCUT2D eigenvalue weighted by molar-refractivity contribution is 7.58. The van der Waals surface area contributed by atoms with Gasteiger partial charge in [-0.2, -0.15) is 0 Å². The van der Waals surface area contributed by atoms with E-state index in [1.807, 2.05) is 13.0 Å². The van der Waals surface area contributed by atoms with Gasteiger partial charge in [-0.05, 0) is 25.3 Å². The van der Waals surface area contributed by atoms with Gasteiger partial charge in [-0.3, -0.25) is 19.9 Å². The van der Waals surface area contributed by atoms with Crippen LogP contribution in [-0.2, 0) is 14.1 Å². The minimum atomic E-state index is -3.51. The van der Waals surface area contributed by atoms with Gasteiger partial charge >= 0.3 is 0 Å². The fourth-order valence-electron chi connectivity index (χ4n) is 2.65. The van der Waals surface area contributed by atoms with Crippen LogP contribution >= 0.6 is 7.37 Å². The van der Waals surface area contributed by atoms with E-state index >= 15 is 0 Å². The Bertz CT molecular complexity index is 653. The number of carbonyl (C=O) groups is 1. The topological polar surface area (TPSA) is 119 Å². The molecule has 4 N–H and O–H groups in total. The highest BCUT2D eigenvalue weighted by atomic mass is 31.2. The van der Waals surface area contributed by atoms with Gasteiger partial charge in [-0.15, -0.1) is 0 Å². The van der Waals surface area contributed by atoms with Crippen molar-refractivity contribution in [1.29, 1.82) is 0 Å². The molecule has 0 bridgehead atoms. The molecule has 0 aliphatic rings. The number of aliphatic hydroxyl groups is 1. The van der Waals surface area contributed by atoms with Crippen molar-refractivity contribution in [2.45, 2.75) is 57.6 Å². The number of nitrogens with one attached hydrogen (secondary N) is 1. The largest absolute Gasteiger partial charge is 0.368 e. The van der Waals surface area contributed by atoms with Crippen LogP contribution in [-0.4, -0.2) is 57.6 Å². The second-order valence-corrected chi connectivity index (χ2v) is 9.83. The molecule has 160 valence electrons. The maximum atomic E-state index is 12.6. The second-order valence-electron chi connectivity index (χ2n) is 7.09. The van der Waals surface area contributed by atoms with Crippen LogP contribution in [0.25, 0.3) is 0 Å². The molecule has 1 aromatic carbocycles. The van der Waals surface area contributed by atoms with Crippen molar-refractivity contribution < 1.29 is 29.3 Å². The number of carbonyl (C=O) groups excluding carboxylic acids is 1. The minimum absolute atomic E-state index is 0.0103. The van der Waals surface area contributed by atoms with Crippen molar-refractivity contribution in [3.63, 3.8) is 0 Å². The van der Waals surface area contributed by atoms with Crippen LogP contribution < -0.4 is 5.32 Å². The van der Waals surface area contributed by atoms with E-state index in [9.17, 15) is 24.6 Å². The summed E-state index contributed by atoms with van der Waals surface area (Å²) in [6.45, 7) is 6.50. The first-order valence-corrected chi connectivity index (χ1v) is 11.6. The molecule has 0 saturated heterocycles. The number of hydroxylamine groups is 2. The van der Waals surface area contributed by atoms with Crippen molar-refractivity contribution in [2.75, 3.05) is 19.8 Å². The van der Waals surface area contributed by atoms with E-state index in [0.717, 1.165) is 6.42 Å². The second kappa shape index (κ2) is 11.0. The lowest BCUT2D eigenvalue weighted by atomic mass is 10.0. The number of amides is 1. The van der Waals surface area contributed by atoms with Crippen molar-refractivity contribution in [1.82, 2.24) is 10.4 Å². The van der Waals surface area contributed by atoms with Crippen molar-refractivity contribution in [3.8, 4) is 0 Å². The van der Waals surface area contributed by atoms with Crippen LogP contribution in [0, 0.1) is 0 Å². The zero-order valence-corrected chi connectivity index (χ0v) is 17.9. The number of aliphatic hydroxyl groups excluding tert-OH is 1. The van der Waals surface area contributed by atoms with Gasteiger partial charge in [0.15, 0.2) is 6.29 Å². The van der Waals surface area contributed by atoms with Crippen molar-refractivity contribution >= 4 is 13.3 Å². The first kappa shape index (κ1) is 24.8. The average molecular weight is 416 g/mol. The summed E-state index contributed by atoms with van der Waals surface area (Å²) in [7, 11) is -3.51. The van der Waals surface area contributed by atoms with Crippen LogP contribution in [0.1, 0.15) is 51.6 Å². The van der Waals surface area contributed by atoms with Crippen LogP contribution in [0.5, 0.6) is 0 Å². The van der Waals surface area contributed by atoms with Gasteiger partial charge in [-0.1, -0.05) is 44.2 Å². The van der Waals surface area contributed by atoms with E-state index in [1.54, 1.807) is 38.1 Å². The summed E-state index contributed by atoms with van der Waals surface area (Å²) >= 11 is 0. The molecule has 9 heteroatoms. The van der Waals surface area contributed by atoms with Gasteiger partial charge in [0.2, 0.25) is 7.37 Å². The third-order valence-electron chi connectivity index (χ3n) is 4.90. The summed E-state index contributed by atoms with van der Waals surface area (Å²) in [5.74, 6) is -0.676. The molecule has 28 heavy (non-hydrogen) atoms. The molecule has 0 fully saturated rings. The zero-order valence-electron chi connectivity index (χ0n) is 17.0. The fraction of sp³-hybridized carbons (Fsp3) is 0.632. The number of nitrogens with zero attached hydrogens (tertiary/aromatic N) is 1. The molecule has 1 rings (SSSR count). The predicted molar refractivity (Wildman–Crippen MR) is 107 cm³/mol. The monoisotopic (exact) mass is 416 g/mol. The summed E-state index contributed by atoms with van der Waals surface area (Å²) in [5, 5.41) is 22.8. The maximum Gasteiger partial charge on any atom is 0.260 e. The van der Waals surface area contributed by atoms with E-state index in [0.29, 0.717) is 23.7 Å². The quantitative estimate of drug-likeness (QED) is 0.179. The lowest BCUT2D eigenvalue weighted by molar-refractivity contribution is -0.187. The summed E-state index contributed by atoms with van der Waals surface area (Å²) in [5.41, 5.74) is 0.638. The molecular formula is C19H33N2O6P. The molecule has 0 spiro atoms. The smallest absolute Gasteiger partial charge is 0.260 e. The SMILES string of the molecule is CCCOC(O)CC(c1ccccc1)N(O)C(=O)CNC(C)(CC)P(C)(=O)O. The third-order valence-corrected chi connectivity index (χ3v) is 7.20. The lowest BCUT2D eigenvalue weighted by Crippen LogP contribution is -2.48. The summed E-state index contributed by atoms with van der Waals surface area (Å²) < 4.78 is 17.4. The van der Waals surface area contributed by atoms with Crippen molar-refractivity contribution in [3.05, 3.63) is 35.9 Å². The fourth-order valence-corrected chi connectivity index (χ4v) is 3.61. The molecule has 0 aliphatic carbocycles. The maximum absolute atomic E-state index is 12.6. The molecule has 0 aliphatic heterocycles. The zero-order chi connectivity index (χ0) is 21.4. The minimum Gasteiger partial charge on any atom is -0.368 e. The molecule has 1 aromatic rings. The third kappa shape index (κ3) is 6.95. The van der Waals surface area contributed by atoms with E-state index in [4.69, 9.17) is 4.74 Å². The first-order chi connectivity index (χ1) is 13.1. The Morgan fingerprint density at radius 1 is 1.32 bits per heavy atom. The van der Waals surface area contributed by atoms with Gasteiger partial charge in [0, 0.05) is 19.7 Å². The summed E-state index contributed by atoms with van der Waals surface area (Å²) in [6.07, 6.45) is -0.0903. The van der Waals surface area contributed by atoms with E-state index in [1.165, 1.54) is 6.66 Å². The number of hydrogen-bond acceptors (Lipinski definition) is 6. The van der Waals surface area contributed by atoms with Gasteiger partial charge in [0.25, 0.3) is 5.91 Å². The Balaban J connectivity index is 2.91. The number of benzene rings is 1. The van der Waals surface area contributed by atoms with Gasteiger partial charge in [0.05, 0.1) is 17.9 Å². The van der Waals surface area contributed by atoms with Crippen LogP contribution in [0.2, 0.25) is 0 Å². The van der Waals surface area contributed by atoms with E-state index < -0.39 is 30.9 Å². The Kier molecular flexibility index (Phi) is 9.77. The molecule has 0 heterocycles. The predicted octanol–water partition coefficient (Wildman–Crippen LogP) is 2.70. The average Bonchev–Trinajstić information content (AvgIpc) is 2.67. The van der Waals surface area contributed by atoms with E-state index in [2.05, 4.69) is 5.32 Å². The van der Waals surface area contributed by atoms with Crippen LogP contribution in [0.15, 0.2) is 30.3 Å². The molecule has 0 saturated carbocycles. The lowest BCUT2D eigenvalue weighted by Gasteiger charge is -2.33. The number of rotatable bonds is 12. The van der Waals surface area contributed by atoms with Crippen LogP contribution in [0.3, 0.4) is 0 Å². The van der Waals surface area contributed by atoms with Gasteiger partial charge in [0.1, 0.15) is 0 Å². The summed E-state index contributed by atoms with van der Waals surface area (Å²) in [6, 6.07) is 8.01. The van der Waals surface area contributed by atoms with Crippen molar-refractivity contribution in [2.24, 2.45) is 0 Å². The standard InChI is InChI=1S/C19H33N2O6P/c1-5-12-27-18(23)13-16(15-10-8-7-9-11-15)21(24)17(22)14-20-19(3,6-2)28(4,25)26/h7-11,16,18,20,23-24H,5-6,12-14H2,1-4H3,(H,25,26). The molecular weight excluding hydrogens is 383 g/mol. The Morgan fingerprint density at radius 2 is 1.93 bits per heavy atom. The molecule has 1 amide bonds. The normalized spacial score (nSPS) is 18.0. The Morgan fingerprint density at radius 3 is 2.43 bits per heavy atom.